The maximum Gasteiger partial charge on any atom is 0.128 e. The van der Waals surface area contributed by atoms with E-state index in [0.29, 0.717) is 6.61 Å². The fraction of sp³-hybridized carbons (Fsp3) is 0.417. The Bertz CT molecular complexity index is 860. The number of nitrogens with one attached hydrogen (secondary N) is 1. The van der Waals surface area contributed by atoms with Gasteiger partial charge in [0.2, 0.25) is 0 Å². The number of ether oxygens (including phenoxy) is 1. The predicted octanol–water partition coefficient (Wildman–Crippen LogP) is 5.31. The van der Waals surface area contributed by atoms with Gasteiger partial charge >= 0.3 is 0 Å². The SMILES string of the molecule is Cc1ccc(OCc2cc3ccccc3n2CCCC2CCCNC2)cc1. The van der Waals surface area contributed by atoms with E-state index in [0.717, 1.165) is 18.2 Å². The van der Waals surface area contributed by atoms with Crippen molar-refractivity contribution in [3.63, 3.8) is 0 Å². The molecule has 0 aliphatic carbocycles. The molecule has 4 rings (SSSR count). The highest BCUT2D eigenvalue weighted by atomic mass is 16.5. The molecule has 2 aromatic carbocycles. The zero-order valence-corrected chi connectivity index (χ0v) is 16.3. The Hall–Kier alpha value is -2.26. The van der Waals surface area contributed by atoms with Crippen LogP contribution < -0.4 is 10.1 Å². The molecule has 0 bridgehead atoms. The molecule has 0 radical (unpaired) electrons. The van der Waals surface area contributed by atoms with Crippen molar-refractivity contribution in [1.29, 1.82) is 0 Å². The molecule has 3 aromatic rings. The fourth-order valence-corrected chi connectivity index (χ4v) is 4.15. The van der Waals surface area contributed by atoms with Crippen molar-refractivity contribution in [2.75, 3.05) is 13.1 Å². The van der Waals surface area contributed by atoms with E-state index in [-0.39, 0.29) is 0 Å². The summed E-state index contributed by atoms with van der Waals surface area (Å²) >= 11 is 0. The smallest absolute Gasteiger partial charge is 0.128 e. The minimum Gasteiger partial charge on any atom is -0.487 e. The molecule has 1 aliphatic heterocycles. The van der Waals surface area contributed by atoms with Crippen LogP contribution in [0, 0.1) is 12.8 Å². The Morgan fingerprint density at radius 1 is 1.11 bits per heavy atom. The minimum atomic E-state index is 0.614. The fourth-order valence-electron chi connectivity index (χ4n) is 4.15. The second kappa shape index (κ2) is 8.62. The van der Waals surface area contributed by atoms with Gasteiger partial charge < -0.3 is 14.6 Å². The Morgan fingerprint density at radius 2 is 1.96 bits per heavy atom. The Balaban J connectivity index is 1.45. The van der Waals surface area contributed by atoms with Crippen molar-refractivity contribution >= 4 is 10.9 Å². The molecule has 0 amide bonds. The second-order valence-corrected chi connectivity index (χ2v) is 7.80. The topological polar surface area (TPSA) is 26.2 Å². The van der Waals surface area contributed by atoms with Crippen LogP contribution in [0.25, 0.3) is 10.9 Å². The molecule has 1 fully saturated rings. The summed E-state index contributed by atoms with van der Waals surface area (Å²) in [7, 11) is 0. The second-order valence-electron chi connectivity index (χ2n) is 7.80. The summed E-state index contributed by atoms with van der Waals surface area (Å²) in [5, 5.41) is 4.84. The third kappa shape index (κ3) is 4.54. The van der Waals surface area contributed by atoms with Crippen LogP contribution in [0.3, 0.4) is 0 Å². The molecule has 1 N–H and O–H groups in total. The van der Waals surface area contributed by atoms with E-state index in [4.69, 9.17) is 4.74 Å². The number of hydrogen-bond donors (Lipinski definition) is 1. The third-order valence-corrected chi connectivity index (χ3v) is 5.70. The van der Waals surface area contributed by atoms with E-state index >= 15 is 0 Å². The summed E-state index contributed by atoms with van der Waals surface area (Å²) in [4.78, 5) is 0. The number of nitrogens with zero attached hydrogens (tertiary/aromatic N) is 1. The summed E-state index contributed by atoms with van der Waals surface area (Å²) < 4.78 is 8.54. The van der Waals surface area contributed by atoms with Crippen molar-refractivity contribution in [3.05, 3.63) is 65.9 Å². The normalized spacial score (nSPS) is 17.3. The van der Waals surface area contributed by atoms with Crippen LogP contribution in [0.5, 0.6) is 5.75 Å². The highest BCUT2D eigenvalue weighted by Gasteiger charge is 2.14. The first-order valence-electron chi connectivity index (χ1n) is 10.3. The number of rotatable bonds is 7. The van der Waals surface area contributed by atoms with Crippen LogP contribution in [0.2, 0.25) is 0 Å². The summed E-state index contributed by atoms with van der Waals surface area (Å²) in [5.74, 6) is 1.78. The summed E-state index contributed by atoms with van der Waals surface area (Å²) in [6.45, 7) is 6.16. The lowest BCUT2D eigenvalue weighted by atomic mass is 9.95. The highest BCUT2D eigenvalue weighted by Crippen LogP contribution is 2.24. The molecule has 0 spiro atoms. The van der Waals surface area contributed by atoms with E-state index in [1.54, 1.807) is 0 Å². The minimum absolute atomic E-state index is 0.614. The molecule has 0 saturated carbocycles. The standard InChI is InChI=1S/C24H30N2O/c1-19-10-12-23(13-11-19)27-18-22-16-21-8-2-3-9-24(21)26(22)15-5-7-20-6-4-14-25-17-20/h2-3,8-13,16,20,25H,4-7,14-15,17-18H2,1H3. The van der Waals surface area contributed by atoms with E-state index < -0.39 is 0 Å². The predicted molar refractivity (Wildman–Crippen MR) is 112 cm³/mol. The van der Waals surface area contributed by atoms with Gasteiger partial charge in [0.05, 0.1) is 5.69 Å². The Morgan fingerprint density at radius 3 is 2.78 bits per heavy atom. The Kier molecular flexibility index (Phi) is 5.78. The van der Waals surface area contributed by atoms with Crippen molar-refractivity contribution in [2.24, 2.45) is 5.92 Å². The largest absolute Gasteiger partial charge is 0.487 e. The summed E-state index contributed by atoms with van der Waals surface area (Å²) in [6.07, 6.45) is 5.23. The Labute approximate surface area is 162 Å². The zero-order valence-electron chi connectivity index (χ0n) is 16.3. The summed E-state index contributed by atoms with van der Waals surface area (Å²) in [5.41, 5.74) is 3.84. The number of aryl methyl sites for hydroxylation is 2. The first-order chi connectivity index (χ1) is 13.3. The first kappa shape index (κ1) is 18.1. The molecule has 142 valence electrons. The molecule has 1 aliphatic rings. The molecule has 1 aromatic heterocycles. The van der Waals surface area contributed by atoms with Crippen LogP contribution in [0.15, 0.2) is 54.6 Å². The zero-order chi connectivity index (χ0) is 18.5. The van der Waals surface area contributed by atoms with Crippen molar-refractivity contribution in [3.8, 4) is 5.75 Å². The van der Waals surface area contributed by atoms with E-state index in [1.807, 2.05) is 0 Å². The van der Waals surface area contributed by atoms with Crippen LogP contribution >= 0.6 is 0 Å². The van der Waals surface area contributed by atoms with Gasteiger partial charge in [-0.25, -0.2) is 0 Å². The van der Waals surface area contributed by atoms with Gasteiger partial charge in [-0.05, 0) is 81.3 Å². The van der Waals surface area contributed by atoms with Crippen LogP contribution in [-0.2, 0) is 13.2 Å². The van der Waals surface area contributed by atoms with Gasteiger partial charge in [0.15, 0.2) is 0 Å². The molecule has 27 heavy (non-hydrogen) atoms. The quantitative estimate of drug-likeness (QED) is 0.616. The van der Waals surface area contributed by atoms with Crippen LogP contribution in [0.4, 0.5) is 0 Å². The average molecular weight is 363 g/mol. The molecule has 3 heteroatoms. The van der Waals surface area contributed by atoms with Gasteiger partial charge in [-0.15, -0.1) is 0 Å². The van der Waals surface area contributed by atoms with E-state index in [2.05, 4.69) is 71.4 Å². The van der Waals surface area contributed by atoms with Gasteiger partial charge in [-0.2, -0.15) is 0 Å². The number of benzene rings is 2. The van der Waals surface area contributed by atoms with Gasteiger partial charge in [-0.1, -0.05) is 35.9 Å². The molecular weight excluding hydrogens is 332 g/mol. The van der Waals surface area contributed by atoms with Gasteiger partial charge in [0.25, 0.3) is 0 Å². The average Bonchev–Trinajstić information content (AvgIpc) is 3.06. The molecule has 1 atom stereocenters. The number of para-hydroxylation sites is 1. The van der Waals surface area contributed by atoms with Crippen LogP contribution in [0.1, 0.15) is 36.9 Å². The third-order valence-electron chi connectivity index (χ3n) is 5.70. The monoisotopic (exact) mass is 362 g/mol. The summed E-state index contributed by atoms with van der Waals surface area (Å²) in [6, 6.07) is 19.3. The van der Waals surface area contributed by atoms with Crippen molar-refractivity contribution in [2.45, 2.75) is 45.8 Å². The van der Waals surface area contributed by atoms with Gasteiger partial charge in [0, 0.05) is 12.1 Å². The molecule has 1 unspecified atom stereocenters. The maximum absolute atomic E-state index is 6.08. The van der Waals surface area contributed by atoms with Crippen molar-refractivity contribution < 1.29 is 4.74 Å². The molecule has 3 nitrogen and oxygen atoms in total. The van der Waals surface area contributed by atoms with Gasteiger partial charge in [0.1, 0.15) is 12.4 Å². The maximum atomic E-state index is 6.08. The highest BCUT2D eigenvalue weighted by molar-refractivity contribution is 5.81. The number of aromatic nitrogens is 1. The molecule has 2 heterocycles. The number of fused-ring (bicyclic) bond motifs is 1. The van der Waals surface area contributed by atoms with Gasteiger partial charge in [-0.3, -0.25) is 0 Å². The molecule has 1 saturated heterocycles. The van der Waals surface area contributed by atoms with Crippen LogP contribution in [-0.4, -0.2) is 17.7 Å². The number of hydrogen-bond acceptors (Lipinski definition) is 2. The van der Waals surface area contributed by atoms with E-state index in [9.17, 15) is 0 Å². The lowest BCUT2D eigenvalue weighted by Crippen LogP contribution is -2.29. The molecular formula is C24H30N2O. The first-order valence-corrected chi connectivity index (χ1v) is 10.3. The van der Waals surface area contributed by atoms with Crippen molar-refractivity contribution in [1.82, 2.24) is 9.88 Å². The lowest BCUT2D eigenvalue weighted by molar-refractivity contribution is 0.293. The lowest BCUT2D eigenvalue weighted by Gasteiger charge is -2.23. The number of piperidine rings is 1. The van der Waals surface area contributed by atoms with E-state index in [1.165, 1.54) is 60.9 Å².